The topological polar surface area (TPSA) is 95.5 Å². The molecule has 0 amide bonds. The Hall–Kier alpha value is -1.14. The fraction of sp³-hybridized carbons (Fsp3) is 0.294. The number of guanidine groups is 1. The summed E-state index contributed by atoms with van der Waals surface area (Å²) in [4.78, 5) is 8.07. The number of rotatable bonds is 7. The van der Waals surface area contributed by atoms with Crippen LogP contribution in [0, 0.1) is 0 Å². The standard InChI is InChI=1S/C17H21Cl2N5O2S.HI/c1-12(15-6-5-13(18)10-16(15)19)24-17(20-2)22-8-9-23-27(25,26)14-4-3-7-21-11-14;/h3-7,10-12,23H,8-9H2,1-2H3,(H2,20,22,24);1H. The van der Waals surface area contributed by atoms with Gasteiger partial charge < -0.3 is 10.6 Å². The second-order valence-corrected chi connectivity index (χ2v) is 8.23. The Balaban J connectivity index is 0.00000392. The molecule has 0 aliphatic rings. The lowest BCUT2D eigenvalue weighted by atomic mass is 10.1. The van der Waals surface area contributed by atoms with Crippen molar-refractivity contribution in [3.8, 4) is 0 Å². The van der Waals surface area contributed by atoms with Gasteiger partial charge in [-0.3, -0.25) is 9.98 Å². The number of aromatic nitrogens is 1. The van der Waals surface area contributed by atoms with Gasteiger partial charge in [0.2, 0.25) is 10.0 Å². The van der Waals surface area contributed by atoms with Gasteiger partial charge in [-0.15, -0.1) is 24.0 Å². The highest BCUT2D eigenvalue weighted by Gasteiger charge is 2.14. The molecule has 1 aromatic carbocycles. The molecule has 1 aromatic heterocycles. The highest BCUT2D eigenvalue weighted by atomic mass is 127. The molecule has 2 aromatic rings. The predicted molar refractivity (Wildman–Crippen MR) is 124 cm³/mol. The van der Waals surface area contributed by atoms with Crippen molar-refractivity contribution in [3.05, 3.63) is 58.3 Å². The predicted octanol–water partition coefficient (Wildman–Crippen LogP) is 3.21. The number of nitrogens with zero attached hydrogens (tertiary/aromatic N) is 2. The maximum atomic E-state index is 12.1. The molecule has 1 unspecified atom stereocenters. The summed E-state index contributed by atoms with van der Waals surface area (Å²) in [5.41, 5.74) is 0.876. The summed E-state index contributed by atoms with van der Waals surface area (Å²) in [7, 11) is -1.95. The highest BCUT2D eigenvalue weighted by Crippen LogP contribution is 2.25. The van der Waals surface area contributed by atoms with E-state index in [1.54, 1.807) is 25.2 Å². The van der Waals surface area contributed by atoms with Gasteiger partial charge in [0.25, 0.3) is 0 Å². The van der Waals surface area contributed by atoms with Crippen LogP contribution in [0.2, 0.25) is 10.0 Å². The Morgan fingerprint density at radius 2 is 2.00 bits per heavy atom. The molecule has 0 spiro atoms. The Kier molecular flexibility index (Phi) is 10.5. The van der Waals surface area contributed by atoms with E-state index in [0.29, 0.717) is 22.5 Å². The van der Waals surface area contributed by atoms with Crippen LogP contribution in [0.5, 0.6) is 0 Å². The monoisotopic (exact) mass is 557 g/mol. The van der Waals surface area contributed by atoms with Crippen LogP contribution in [-0.4, -0.2) is 39.5 Å². The number of pyridine rings is 1. The zero-order valence-electron chi connectivity index (χ0n) is 15.3. The summed E-state index contributed by atoms with van der Waals surface area (Å²) in [6.07, 6.45) is 2.82. The fourth-order valence-electron chi connectivity index (χ4n) is 2.29. The Labute approximate surface area is 192 Å². The van der Waals surface area contributed by atoms with Crippen molar-refractivity contribution in [3.63, 3.8) is 0 Å². The SMILES string of the molecule is CN=C(NCCNS(=O)(=O)c1cccnc1)NC(C)c1ccc(Cl)cc1Cl.I. The Morgan fingerprint density at radius 3 is 2.61 bits per heavy atom. The quantitative estimate of drug-likeness (QED) is 0.210. The largest absolute Gasteiger partial charge is 0.355 e. The van der Waals surface area contributed by atoms with Crippen molar-refractivity contribution < 1.29 is 8.42 Å². The number of hydrogen-bond donors (Lipinski definition) is 3. The van der Waals surface area contributed by atoms with E-state index in [4.69, 9.17) is 23.2 Å². The van der Waals surface area contributed by atoms with Crippen LogP contribution in [-0.2, 0) is 10.0 Å². The third kappa shape index (κ3) is 7.36. The van der Waals surface area contributed by atoms with Gasteiger partial charge in [-0.2, -0.15) is 0 Å². The molecular weight excluding hydrogens is 536 g/mol. The molecular formula is C17H22Cl2IN5O2S. The van der Waals surface area contributed by atoms with Crippen molar-refractivity contribution in [2.45, 2.75) is 17.9 Å². The molecule has 0 saturated carbocycles. The summed E-state index contributed by atoms with van der Waals surface area (Å²) in [6, 6.07) is 8.23. The van der Waals surface area contributed by atoms with E-state index in [1.165, 1.54) is 18.5 Å². The molecule has 2 rings (SSSR count). The molecule has 7 nitrogen and oxygen atoms in total. The van der Waals surface area contributed by atoms with Crippen molar-refractivity contribution in [2.24, 2.45) is 4.99 Å². The van der Waals surface area contributed by atoms with Crippen LogP contribution in [0.15, 0.2) is 52.6 Å². The van der Waals surface area contributed by atoms with E-state index in [9.17, 15) is 8.42 Å². The molecule has 0 aliphatic heterocycles. The van der Waals surface area contributed by atoms with Gasteiger partial charge in [0.1, 0.15) is 4.90 Å². The molecule has 1 heterocycles. The summed E-state index contributed by atoms with van der Waals surface area (Å²) < 4.78 is 26.8. The summed E-state index contributed by atoms with van der Waals surface area (Å²) in [6.45, 7) is 2.47. The average Bonchev–Trinajstić information content (AvgIpc) is 2.64. The van der Waals surface area contributed by atoms with Gasteiger partial charge >= 0.3 is 0 Å². The second kappa shape index (κ2) is 11.8. The van der Waals surface area contributed by atoms with E-state index in [0.717, 1.165) is 5.56 Å². The Bertz CT molecular complexity index is 898. The van der Waals surface area contributed by atoms with Crippen LogP contribution >= 0.6 is 47.2 Å². The average molecular weight is 558 g/mol. The first-order chi connectivity index (χ1) is 12.8. The molecule has 11 heteroatoms. The molecule has 0 aliphatic carbocycles. The maximum absolute atomic E-state index is 12.1. The van der Waals surface area contributed by atoms with Gasteiger partial charge in [-0.1, -0.05) is 29.3 Å². The lowest BCUT2D eigenvalue weighted by Gasteiger charge is -2.19. The zero-order valence-corrected chi connectivity index (χ0v) is 20.0. The van der Waals surface area contributed by atoms with Gasteiger partial charge in [-0.05, 0) is 36.8 Å². The van der Waals surface area contributed by atoms with Crippen molar-refractivity contribution in [1.82, 2.24) is 20.3 Å². The number of aliphatic imine (C=N–C) groups is 1. The minimum absolute atomic E-state index is 0. The fourth-order valence-corrected chi connectivity index (χ4v) is 3.85. The highest BCUT2D eigenvalue weighted by molar-refractivity contribution is 14.0. The molecule has 0 saturated heterocycles. The molecule has 154 valence electrons. The van der Waals surface area contributed by atoms with E-state index < -0.39 is 10.0 Å². The first kappa shape index (κ1) is 24.9. The van der Waals surface area contributed by atoms with Crippen LogP contribution < -0.4 is 15.4 Å². The molecule has 1 atom stereocenters. The van der Waals surface area contributed by atoms with Crippen LogP contribution in [0.4, 0.5) is 0 Å². The normalized spacial score (nSPS) is 12.8. The van der Waals surface area contributed by atoms with Crippen molar-refractivity contribution in [2.75, 3.05) is 20.1 Å². The van der Waals surface area contributed by atoms with E-state index in [2.05, 4.69) is 25.3 Å². The number of hydrogen-bond acceptors (Lipinski definition) is 4. The van der Waals surface area contributed by atoms with Crippen LogP contribution in [0.3, 0.4) is 0 Å². The first-order valence-corrected chi connectivity index (χ1v) is 10.4. The maximum Gasteiger partial charge on any atom is 0.242 e. The summed E-state index contributed by atoms with van der Waals surface area (Å²) in [5.74, 6) is 0.522. The minimum atomic E-state index is -3.58. The van der Waals surface area contributed by atoms with Gasteiger partial charge in [-0.25, -0.2) is 13.1 Å². The molecule has 0 fully saturated rings. The van der Waals surface area contributed by atoms with Gasteiger partial charge in [0.15, 0.2) is 5.96 Å². The second-order valence-electron chi connectivity index (χ2n) is 5.62. The number of halogens is 3. The lowest BCUT2D eigenvalue weighted by molar-refractivity contribution is 0.579. The smallest absolute Gasteiger partial charge is 0.242 e. The molecule has 3 N–H and O–H groups in total. The zero-order chi connectivity index (χ0) is 19.9. The van der Waals surface area contributed by atoms with Gasteiger partial charge in [0, 0.05) is 42.6 Å². The van der Waals surface area contributed by atoms with Crippen LogP contribution in [0.1, 0.15) is 18.5 Å². The summed E-state index contributed by atoms with van der Waals surface area (Å²) >= 11 is 12.1. The number of sulfonamides is 1. The Morgan fingerprint density at radius 1 is 1.25 bits per heavy atom. The van der Waals surface area contributed by atoms with Crippen LogP contribution in [0.25, 0.3) is 0 Å². The lowest BCUT2D eigenvalue weighted by Crippen LogP contribution is -2.42. The molecule has 28 heavy (non-hydrogen) atoms. The van der Waals surface area contributed by atoms with E-state index in [-0.39, 0.29) is 41.5 Å². The third-order valence-electron chi connectivity index (χ3n) is 3.66. The number of nitrogens with one attached hydrogen (secondary N) is 3. The van der Waals surface area contributed by atoms with E-state index >= 15 is 0 Å². The number of benzene rings is 1. The van der Waals surface area contributed by atoms with Crippen molar-refractivity contribution in [1.29, 1.82) is 0 Å². The third-order valence-corrected chi connectivity index (χ3v) is 5.67. The molecule has 0 bridgehead atoms. The summed E-state index contributed by atoms with van der Waals surface area (Å²) in [5, 5.41) is 7.38. The molecule has 0 radical (unpaired) electrons. The first-order valence-electron chi connectivity index (χ1n) is 8.15. The van der Waals surface area contributed by atoms with Crippen molar-refractivity contribution >= 4 is 63.2 Å². The minimum Gasteiger partial charge on any atom is -0.355 e. The van der Waals surface area contributed by atoms with E-state index in [1.807, 2.05) is 13.0 Å². The van der Waals surface area contributed by atoms with Gasteiger partial charge in [0.05, 0.1) is 6.04 Å².